The number of nitrogens with zero attached hydrogens (tertiary/aromatic N) is 1. The molecule has 0 spiro atoms. The number of hydrogen-bond acceptors (Lipinski definition) is 8. The molecular weight excluding hydrogens is 456 g/mol. The van der Waals surface area contributed by atoms with Crippen LogP contribution >= 0.6 is 0 Å². The Morgan fingerprint density at radius 1 is 1.09 bits per heavy atom. The highest BCUT2D eigenvalue weighted by Crippen LogP contribution is 2.29. The van der Waals surface area contributed by atoms with Crippen molar-refractivity contribution in [3.63, 3.8) is 0 Å². The summed E-state index contributed by atoms with van der Waals surface area (Å²) in [7, 11) is 0. The molecule has 1 aromatic rings. The third-order valence-corrected chi connectivity index (χ3v) is 5.11. The van der Waals surface area contributed by atoms with Crippen molar-refractivity contribution in [1.29, 1.82) is 0 Å². The largest absolute Gasteiger partial charge is 0.460 e. The fourth-order valence-corrected chi connectivity index (χ4v) is 3.64. The molecule has 10 heteroatoms. The molecule has 0 radical (unpaired) electrons. The fourth-order valence-electron chi connectivity index (χ4n) is 3.64. The molecule has 10 nitrogen and oxygen atoms in total. The number of carbonyl (C=O) groups excluding carboxylic acids is 5. The smallest absolute Gasteiger partial charge is 0.308 e. The highest BCUT2D eigenvalue weighted by atomic mass is 16.6. The van der Waals surface area contributed by atoms with E-state index in [-0.39, 0.29) is 62.8 Å². The Morgan fingerprint density at radius 2 is 1.83 bits per heavy atom. The highest BCUT2D eigenvalue weighted by Gasteiger charge is 2.45. The van der Waals surface area contributed by atoms with Gasteiger partial charge < -0.3 is 14.2 Å². The van der Waals surface area contributed by atoms with Gasteiger partial charge in [-0.1, -0.05) is 17.9 Å². The van der Waals surface area contributed by atoms with Gasteiger partial charge in [0.2, 0.25) is 11.8 Å². The van der Waals surface area contributed by atoms with Gasteiger partial charge in [0, 0.05) is 12.0 Å². The van der Waals surface area contributed by atoms with E-state index in [4.69, 9.17) is 14.2 Å². The van der Waals surface area contributed by atoms with Crippen LogP contribution in [0.5, 0.6) is 0 Å². The van der Waals surface area contributed by atoms with Gasteiger partial charge in [0.1, 0.15) is 18.2 Å². The second-order valence-corrected chi connectivity index (χ2v) is 8.98. The van der Waals surface area contributed by atoms with E-state index in [0.717, 1.165) is 4.90 Å². The zero-order valence-electron chi connectivity index (χ0n) is 20.0. The first kappa shape index (κ1) is 26.1. The van der Waals surface area contributed by atoms with Gasteiger partial charge in [-0.05, 0) is 39.3 Å². The third kappa shape index (κ3) is 6.74. The molecule has 2 aliphatic heterocycles. The molecule has 2 aliphatic rings. The van der Waals surface area contributed by atoms with Crippen molar-refractivity contribution in [3.8, 4) is 11.8 Å². The van der Waals surface area contributed by atoms with Crippen LogP contribution in [0.4, 0.5) is 0 Å². The molecule has 3 rings (SSSR count). The van der Waals surface area contributed by atoms with Gasteiger partial charge in [0.25, 0.3) is 11.8 Å². The van der Waals surface area contributed by atoms with Crippen molar-refractivity contribution >= 4 is 29.6 Å². The van der Waals surface area contributed by atoms with Crippen LogP contribution in [-0.4, -0.2) is 72.6 Å². The lowest BCUT2D eigenvalue weighted by Crippen LogP contribution is -2.54. The Hall–Kier alpha value is -3.55. The Labute approximate surface area is 203 Å². The summed E-state index contributed by atoms with van der Waals surface area (Å²) in [6.45, 7) is 6.22. The second kappa shape index (κ2) is 11.3. The number of imide groups is 2. The predicted molar refractivity (Wildman–Crippen MR) is 122 cm³/mol. The molecule has 186 valence electrons. The first-order valence-electron chi connectivity index (χ1n) is 11.3. The molecule has 2 heterocycles. The molecule has 0 saturated carbocycles. The Kier molecular flexibility index (Phi) is 8.38. The second-order valence-electron chi connectivity index (χ2n) is 8.98. The average molecular weight is 485 g/mol. The molecule has 4 amide bonds. The average Bonchev–Trinajstić information content (AvgIpc) is 3.02. The minimum atomic E-state index is -1.03. The number of amides is 4. The van der Waals surface area contributed by atoms with Gasteiger partial charge >= 0.3 is 5.97 Å². The molecule has 0 aliphatic carbocycles. The van der Waals surface area contributed by atoms with Crippen molar-refractivity contribution in [2.75, 3.05) is 26.4 Å². The van der Waals surface area contributed by atoms with Gasteiger partial charge in [-0.25, -0.2) is 0 Å². The number of esters is 1. The van der Waals surface area contributed by atoms with Gasteiger partial charge in [-0.15, -0.1) is 0 Å². The maximum Gasteiger partial charge on any atom is 0.308 e. The summed E-state index contributed by atoms with van der Waals surface area (Å²) in [5.41, 5.74) is 0.137. The zero-order chi connectivity index (χ0) is 25.6. The van der Waals surface area contributed by atoms with Crippen LogP contribution in [-0.2, 0) is 28.6 Å². The lowest BCUT2D eigenvalue weighted by molar-refractivity contribution is -0.156. The molecule has 1 fully saturated rings. The molecule has 0 bridgehead atoms. The molecule has 1 aromatic carbocycles. The fraction of sp³-hybridized carbons (Fsp3) is 0.480. The van der Waals surface area contributed by atoms with Gasteiger partial charge in [-0.3, -0.25) is 34.2 Å². The molecule has 35 heavy (non-hydrogen) atoms. The van der Waals surface area contributed by atoms with E-state index in [1.54, 1.807) is 32.9 Å². The summed E-state index contributed by atoms with van der Waals surface area (Å²) < 4.78 is 15.9. The van der Waals surface area contributed by atoms with E-state index in [1.165, 1.54) is 6.07 Å². The van der Waals surface area contributed by atoms with Crippen LogP contribution in [0.25, 0.3) is 0 Å². The van der Waals surface area contributed by atoms with Gasteiger partial charge in [-0.2, -0.15) is 0 Å². The van der Waals surface area contributed by atoms with Crippen molar-refractivity contribution < 1.29 is 38.2 Å². The van der Waals surface area contributed by atoms with Crippen LogP contribution in [0.1, 0.15) is 66.3 Å². The number of carbonyl (C=O) groups is 5. The normalized spacial score (nSPS) is 17.6. The Bertz CT molecular complexity index is 1090. The Balaban J connectivity index is 1.49. The predicted octanol–water partition coefficient (Wildman–Crippen LogP) is 1.20. The quantitative estimate of drug-likeness (QED) is 0.252. The molecule has 1 N–H and O–H groups in total. The Morgan fingerprint density at radius 3 is 2.54 bits per heavy atom. The topological polar surface area (TPSA) is 128 Å². The molecular formula is C25H28N2O8. The molecule has 0 aromatic heterocycles. The number of hydrogen-bond donors (Lipinski definition) is 1. The van der Waals surface area contributed by atoms with Crippen molar-refractivity contribution in [3.05, 3.63) is 34.9 Å². The van der Waals surface area contributed by atoms with Crippen molar-refractivity contribution in [1.82, 2.24) is 10.2 Å². The minimum Gasteiger partial charge on any atom is -0.460 e. The summed E-state index contributed by atoms with van der Waals surface area (Å²) in [5, 5.41) is 2.17. The maximum absolute atomic E-state index is 13.0. The monoisotopic (exact) mass is 484 g/mol. The third-order valence-electron chi connectivity index (χ3n) is 5.11. The standard InChI is InChI=1S/C25H28N2O8/c1-25(2,3)35-20(29)11-13-34-15-14-33-12-5-7-16-6-4-8-17-21(16)24(32)27(23(17)31)18-9-10-19(28)26-22(18)30/h4,6,8,18H,9-15H2,1-3H3,(H,26,28,30). The number of ether oxygens (including phenoxy) is 3. The van der Waals surface area contributed by atoms with E-state index in [0.29, 0.717) is 5.56 Å². The lowest BCUT2D eigenvalue weighted by atomic mass is 10.0. The molecule has 1 atom stereocenters. The van der Waals surface area contributed by atoms with Crippen LogP contribution in [0, 0.1) is 11.8 Å². The summed E-state index contributed by atoms with van der Waals surface area (Å²) in [4.78, 5) is 61.9. The van der Waals surface area contributed by atoms with E-state index in [9.17, 15) is 24.0 Å². The molecule has 1 saturated heterocycles. The number of nitrogens with one attached hydrogen (secondary N) is 1. The maximum atomic E-state index is 13.0. The van der Waals surface area contributed by atoms with Gasteiger partial charge in [0.05, 0.1) is 37.4 Å². The number of rotatable bonds is 8. The number of benzene rings is 1. The number of fused-ring (bicyclic) bond motifs is 1. The van der Waals surface area contributed by atoms with E-state index >= 15 is 0 Å². The SMILES string of the molecule is CC(C)(C)OC(=O)CCOCCOCC#Cc1cccc2c1C(=O)N(C1CCC(=O)NC1=O)C2=O. The van der Waals surface area contributed by atoms with Crippen molar-refractivity contribution in [2.45, 2.75) is 51.7 Å². The first-order chi connectivity index (χ1) is 16.6. The first-order valence-corrected chi connectivity index (χ1v) is 11.3. The zero-order valence-corrected chi connectivity index (χ0v) is 20.0. The van der Waals surface area contributed by atoms with E-state index < -0.39 is 35.3 Å². The number of piperidine rings is 1. The van der Waals surface area contributed by atoms with Crippen LogP contribution < -0.4 is 5.32 Å². The van der Waals surface area contributed by atoms with Crippen molar-refractivity contribution in [2.24, 2.45) is 0 Å². The minimum absolute atomic E-state index is 0.0541. The van der Waals surface area contributed by atoms with E-state index in [1.807, 2.05) is 0 Å². The summed E-state index contributed by atoms with van der Waals surface area (Å²) in [5.74, 6) is 3.04. The summed E-state index contributed by atoms with van der Waals surface area (Å²) >= 11 is 0. The lowest BCUT2D eigenvalue weighted by Gasteiger charge is -2.27. The highest BCUT2D eigenvalue weighted by molar-refractivity contribution is 6.24. The van der Waals surface area contributed by atoms with Crippen LogP contribution in [0.3, 0.4) is 0 Å². The van der Waals surface area contributed by atoms with Crippen LogP contribution in [0.15, 0.2) is 18.2 Å². The van der Waals surface area contributed by atoms with Gasteiger partial charge in [0.15, 0.2) is 0 Å². The van der Waals surface area contributed by atoms with E-state index in [2.05, 4.69) is 17.2 Å². The summed E-state index contributed by atoms with van der Waals surface area (Å²) in [6.07, 6.45) is 0.294. The summed E-state index contributed by atoms with van der Waals surface area (Å²) in [6, 6.07) is 3.71. The van der Waals surface area contributed by atoms with Crippen LogP contribution in [0.2, 0.25) is 0 Å². The molecule has 1 unspecified atom stereocenters.